The molecule has 0 aliphatic carbocycles. The minimum Gasteiger partial charge on any atom is -0.497 e. The van der Waals surface area contributed by atoms with Crippen LogP contribution in [0.4, 0.5) is 0 Å². The number of rotatable bonds is 9. The fourth-order valence-electron chi connectivity index (χ4n) is 4.44. The van der Waals surface area contributed by atoms with Gasteiger partial charge in [0.05, 0.1) is 25.5 Å². The first-order valence-electron chi connectivity index (χ1n) is 11.8. The second-order valence-corrected chi connectivity index (χ2v) is 8.72. The lowest BCUT2D eigenvalue weighted by atomic mass is 10.0. The molecule has 7 nitrogen and oxygen atoms in total. The van der Waals surface area contributed by atoms with Crippen molar-refractivity contribution in [2.75, 3.05) is 20.8 Å². The number of amides is 1. The number of nitrogens with zero attached hydrogens (tertiary/aromatic N) is 2. The number of hydrogen-bond donors (Lipinski definition) is 0. The van der Waals surface area contributed by atoms with Gasteiger partial charge in [0.25, 0.3) is 0 Å². The number of ether oxygens (including phenoxy) is 3. The van der Waals surface area contributed by atoms with Crippen molar-refractivity contribution >= 4 is 12.0 Å². The molecule has 184 valence electrons. The van der Waals surface area contributed by atoms with Crippen LogP contribution in [0.15, 0.2) is 53.1 Å². The zero-order valence-corrected chi connectivity index (χ0v) is 20.7. The second-order valence-electron chi connectivity index (χ2n) is 8.72. The summed E-state index contributed by atoms with van der Waals surface area (Å²) in [7, 11) is 3.27. The van der Waals surface area contributed by atoms with Crippen LogP contribution >= 0.6 is 0 Å². The highest BCUT2D eigenvalue weighted by Crippen LogP contribution is 2.30. The Bertz CT molecular complexity index is 1180. The molecule has 35 heavy (non-hydrogen) atoms. The SMILES string of the molecule is COc1cccc(CC2CCCN2C(=O)/C=C/c2ccc(OCc3c(C)noc3C)c(OC)c2)c1. The zero-order chi connectivity index (χ0) is 24.8. The predicted octanol–water partition coefficient (Wildman–Crippen LogP) is 5.13. The van der Waals surface area contributed by atoms with Gasteiger partial charge in [-0.05, 0) is 74.6 Å². The molecule has 1 amide bonds. The number of hydrogen-bond acceptors (Lipinski definition) is 6. The minimum absolute atomic E-state index is 0.0214. The predicted molar refractivity (Wildman–Crippen MR) is 134 cm³/mol. The fraction of sp³-hybridized carbons (Fsp3) is 0.357. The smallest absolute Gasteiger partial charge is 0.246 e. The Labute approximate surface area is 206 Å². The van der Waals surface area contributed by atoms with Crippen LogP contribution in [-0.2, 0) is 17.8 Å². The third-order valence-corrected chi connectivity index (χ3v) is 6.42. The van der Waals surface area contributed by atoms with Crippen LogP contribution in [-0.4, -0.2) is 42.8 Å². The summed E-state index contributed by atoms with van der Waals surface area (Å²) in [5.74, 6) is 2.82. The first-order valence-corrected chi connectivity index (χ1v) is 11.8. The third kappa shape index (κ3) is 5.85. The van der Waals surface area contributed by atoms with Gasteiger partial charge in [-0.2, -0.15) is 0 Å². The van der Waals surface area contributed by atoms with E-state index in [0.717, 1.165) is 54.1 Å². The molecule has 3 aromatic rings. The van der Waals surface area contributed by atoms with Crippen molar-refractivity contribution < 1.29 is 23.5 Å². The maximum Gasteiger partial charge on any atom is 0.246 e. The molecular formula is C28H32N2O5. The number of carbonyl (C=O) groups excluding carboxylic acids is 1. The molecule has 2 heterocycles. The number of methoxy groups -OCH3 is 2. The van der Waals surface area contributed by atoms with E-state index in [4.69, 9.17) is 18.7 Å². The van der Waals surface area contributed by atoms with E-state index >= 15 is 0 Å². The van der Waals surface area contributed by atoms with Crippen molar-refractivity contribution in [3.8, 4) is 17.2 Å². The highest BCUT2D eigenvalue weighted by Gasteiger charge is 2.27. The van der Waals surface area contributed by atoms with Crippen LogP contribution in [0.5, 0.6) is 17.2 Å². The van der Waals surface area contributed by atoms with Gasteiger partial charge in [0.2, 0.25) is 5.91 Å². The molecule has 4 rings (SSSR count). The van der Waals surface area contributed by atoms with Crippen molar-refractivity contribution in [3.63, 3.8) is 0 Å². The first kappa shape index (κ1) is 24.4. The van der Waals surface area contributed by atoms with Gasteiger partial charge in [0.1, 0.15) is 18.1 Å². The molecule has 2 aromatic carbocycles. The molecule has 0 N–H and O–H groups in total. The van der Waals surface area contributed by atoms with E-state index in [1.165, 1.54) is 5.56 Å². The lowest BCUT2D eigenvalue weighted by molar-refractivity contribution is -0.126. The quantitative estimate of drug-likeness (QED) is 0.399. The average molecular weight is 477 g/mol. The van der Waals surface area contributed by atoms with Gasteiger partial charge in [-0.15, -0.1) is 0 Å². The van der Waals surface area contributed by atoms with Crippen molar-refractivity contribution in [2.45, 2.75) is 45.8 Å². The molecule has 1 aliphatic rings. The van der Waals surface area contributed by atoms with E-state index < -0.39 is 0 Å². The molecule has 1 unspecified atom stereocenters. The number of aromatic nitrogens is 1. The summed E-state index contributed by atoms with van der Waals surface area (Å²) in [5, 5.41) is 3.96. The maximum atomic E-state index is 13.0. The minimum atomic E-state index is 0.0214. The molecular weight excluding hydrogens is 444 g/mol. The third-order valence-electron chi connectivity index (χ3n) is 6.42. The van der Waals surface area contributed by atoms with Crippen LogP contribution in [0.2, 0.25) is 0 Å². The summed E-state index contributed by atoms with van der Waals surface area (Å²) in [6, 6.07) is 13.9. The van der Waals surface area contributed by atoms with Crippen molar-refractivity contribution in [1.29, 1.82) is 0 Å². The van der Waals surface area contributed by atoms with Gasteiger partial charge >= 0.3 is 0 Å². The molecule has 1 fully saturated rings. The Kier molecular flexibility index (Phi) is 7.75. The lowest BCUT2D eigenvalue weighted by Crippen LogP contribution is -2.35. The monoisotopic (exact) mass is 476 g/mol. The molecule has 1 atom stereocenters. The Morgan fingerprint density at radius 3 is 2.74 bits per heavy atom. The lowest BCUT2D eigenvalue weighted by Gasteiger charge is -2.23. The van der Waals surface area contributed by atoms with Crippen molar-refractivity contribution in [2.24, 2.45) is 0 Å². The van der Waals surface area contributed by atoms with Crippen LogP contribution in [0.1, 0.15) is 41.0 Å². The second kappa shape index (κ2) is 11.1. The van der Waals surface area contributed by atoms with E-state index in [0.29, 0.717) is 18.1 Å². The standard InChI is InChI=1S/C28H32N2O5/c1-19-25(20(2)35-29-19)18-34-26-12-10-21(17-27(26)33-4)11-13-28(31)30-14-6-8-23(30)15-22-7-5-9-24(16-22)32-3/h5,7,9-13,16-17,23H,6,8,14-15,18H2,1-4H3/b13-11+. The summed E-state index contributed by atoms with van der Waals surface area (Å²) < 4.78 is 22.0. The Morgan fingerprint density at radius 1 is 1.14 bits per heavy atom. The summed E-state index contributed by atoms with van der Waals surface area (Å²) in [6.07, 6.45) is 6.30. The van der Waals surface area contributed by atoms with Gasteiger partial charge in [0, 0.05) is 18.7 Å². The zero-order valence-electron chi connectivity index (χ0n) is 20.7. The van der Waals surface area contributed by atoms with E-state index in [-0.39, 0.29) is 11.9 Å². The number of carbonyl (C=O) groups is 1. The molecule has 1 aromatic heterocycles. The highest BCUT2D eigenvalue weighted by molar-refractivity contribution is 5.92. The molecule has 0 bridgehead atoms. The van der Waals surface area contributed by atoms with Gasteiger partial charge in [-0.3, -0.25) is 4.79 Å². The summed E-state index contributed by atoms with van der Waals surface area (Å²) in [6.45, 7) is 4.87. The normalized spacial score (nSPS) is 15.5. The van der Waals surface area contributed by atoms with Gasteiger partial charge in [-0.1, -0.05) is 23.4 Å². The van der Waals surface area contributed by atoms with Crippen LogP contribution < -0.4 is 14.2 Å². The largest absolute Gasteiger partial charge is 0.497 e. The van der Waals surface area contributed by atoms with Crippen molar-refractivity contribution in [1.82, 2.24) is 10.1 Å². The molecule has 0 saturated carbocycles. The van der Waals surface area contributed by atoms with Crippen LogP contribution in [0.25, 0.3) is 6.08 Å². The Morgan fingerprint density at radius 2 is 2.00 bits per heavy atom. The molecule has 0 radical (unpaired) electrons. The topological polar surface area (TPSA) is 74.0 Å². The van der Waals surface area contributed by atoms with E-state index in [1.54, 1.807) is 20.3 Å². The van der Waals surface area contributed by atoms with E-state index in [2.05, 4.69) is 11.2 Å². The van der Waals surface area contributed by atoms with Gasteiger partial charge in [0.15, 0.2) is 11.5 Å². The van der Waals surface area contributed by atoms with Crippen LogP contribution in [0, 0.1) is 13.8 Å². The number of likely N-dealkylation sites (tertiary alicyclic amines) is 1. The van der Waals surface area contributed by atoms with Crippen LogP contribution in [0.3, 0.4) is 0 Å². The fourth-order valence-corrected chi connectivity index (χ4v) is 4.44. The number of benzene rings is 2. The molecule has 1 saturated heterocycles. The maximum absolute atomic E-state index is 13.0. The first-order chi connectivity index (χ1) is 17.0. The Balaban J connectivity index is 1.40. The van der Waals surface area contributed by atoms with Gasteiger partial charge in [-0.25, -0.2) is 0 Å². The van der Waals surface area contributed by atoms with E-state index in [1.807, 2.05) is 61.2 Å². The molecule has 1 aliphatic heterocycles. The molecule has 7 heteroatoms. The summed E-state index contributed by atoms with van der Waals surface area (Å²) in [4.78, 5) is 15.0. The molecule has 0 spiro atoms. The highest BCUT2D eigenvalue weighted by atomic mass is 16.5. The number of aryl methyl sites for hydroxylation is 2. The van der Waals surface area contributed by atoms with Gasteiger partial charge < -0.3 is 23.6 Å². The van der Waals surface area contributed by atoms with E-state index in [9.17, 15) is 4.79 Å². The van der Waals surface area contributed by atoms with Crippen molar-refractivity contribution in [3.05, 3.63) is 76.7 Å². The Hall–Kier alpha value is -3.74. The summed E-state index contributed by atoms with van der Waals surface area (Å²) >= 11 is 0. The average Bonchev–Trinajstić information content (AvgIpc) is 3.47. The summed E-state index contributed by atoms with van der Waals surface area (Å²) in [5.41, 5.74) is 3.78.